The molecule has 1 atom stereocenters. The van der Waals surface area contributed by atoms with Crippen molar-refractivity contribution in [3.8, 4) is 0 Å². The van der Waals surface area contributed by atoms with Gasteiger partial charge in [0.25, 0.3) is 5.91 Å². The average molecular weight is 325 g/mol. The van der Waals surface area contributed by atoms with Gasteiger partial charge < -0.3 is 9.88 Å². The van der Waals surface area contributed by atoms with Gasteiger partial charge in [-0.1, -0.05) is 12.1 Å². The second-order valence-electron chi connectivity index (χ2n) is 7.51. The highest BCUT2D eigenvalue weighted by molar-refractivity contribution is 6.02. The fourth-order valence-corrected chi connectivity index (χ4v) is 4.56. The van der Waals surface area contributed by atoms with E-state index >= 15 is 0 Å². The van der Waals surface area contributed by atoms with Crippen molar-refractivity contribution in [2.24, 2.45) is 0 Å². The molecule has 3 heterocycles. The van der Waals surface area contributed by atoms with E-state index in [1.54, 1.807) is 0 Å². The van der Waals surface area contributed by atoms with Crippen molar-refractivity contribution in [2.45, 2.75) is 46.1 Å². The zero-order chi connectivity index (χ0) is 16.8. The van der Waals surface area contributed by atoms with Crippen LogP contribution in [0.5, 0.6) is 0 Å². The van der Waals surface area contributed by atoms with E-state index in [1.807, 2.05) is 0 Å². The van der Waals surface area contributed by atoms with Crippen molar-refractivity contribution >= 4 is 16.8 Å². The molecule has 2 aliphatic rings. The van der Waals surface area contributed by atoms with Gasteiger partial charge in [-0.25, -0.2) is 0 Å². The van der Waals surface area contributed by atoms with E-state index in [-0.39, 0.29) is 5.91 Å². The van der Waals surface area contributed by atoms with E-state index in [1.165, 1.54) is 35.9 Å². The van der Waals surface area contributed by atoms with Gasteiger partial charge in [0.2, 0.25) is 0 Å². The van der Waals surface area contributed by atoms with E-state index in [2.05, 4.69) is 47.7 Å². The standard InChI is InChI=1S/C20H27N3O/c1-13-7-8-14(2)18-17(13)15(3)19(21-18)20(24)23-11-5-10-22-9-4-6-16(22)12-23/h7-8,16,21H,4-6,9-12H2,1-3H3/t16-/m0/s1. The van der Waals surface area contributed by atoms with E-state index in [4.69, 9.17) is 0 Å². The van der Waals surface area contributed by atoms with Crippen molar-refractivity contribution in [1.29, 1.82) is 0 Å². The van der Waals surface area contributed by atoms with E-state index in [9.17, 15) is 4.79 Å². The maximum atomic E-state index is 13.2. The lowest BCUT2D eigenvalue weighted by Crippen LogP contribution is -2.40. The van der Waals surface area contributed by atoms with E-state index < -0.39 is 0 Å². The molecular weight excluding hydrogens is 298 g/mol. The predicted octanol–water partition coefficient (Wildman–Crippen LogP) is 3.40. The summed E-state index contributed by atoms with van der Waals surface area (Å²) in [4.78, 5) is 21.3. The lowest BCUT2D eigenvalue weighted by Gasteiger charge is -2.25. The van der Waals surface area contributed by atoms with Crippen LogP contribution >= 0.6 is 0 Å². The summed E-state index contributed by atoms with van der Waals surface area (Å²) in [7, 11) is 0. The molecule has 1 aromatic heterocycles. The Morgan fingerprint density at radius 1 is 1.08 bits per heavy atom. The zero-order valence-electron chi connectivity index (χ0n) is 15.0. The largest absolute Gasteiger partial charge is 0.350 e. The molecule has 0 unspecified atom stereocenters. The molecule has 2 aromatic rings. The highest BCUT2D eigenvalue weighted by Crippen LogP contribution is 2.29. The van der Waals surface area contributed by atoms with Gasteiger partial charge in [-0.2, -0.15) is 0 Å². The quantitative estimate of drug-likeness (QED) is 0.873. The predicted molar refractivity (Wildman–Crippen MR) is 97.6 cm³/mol. The third-order valence-corrected chi connectivity index (χ3v) is 5.93. The summed E-state index contributed by atoms with van der Waals surface area (Å²) >= 11 is 0. The number of aromatic amines is 1. The van der Waals surface area contributed by atoms with Crippen molar-refractivity contribution in [2.75, 3.05) is 26.2 Å². The summed E-state index contributed by atoms with van der Waals surface area (Å²) in [5.74, 6) is 0.177. The van der Waals surface area contributed by atoms with Crippen LogP contribution in [0, 0.1) is 20.8 Å². The number of hydrogen-bond acceptors (Lipinski definition) is 2. The molecule has 2 fully saturated rings. The van der Waals surface area contributed by atoms with E-state index in [0.717, 1.165) is 42.8 Å². The molecule has 4 rings (SSSR count). The third kappa shape index (κ3) is 2.44. The Bertz CT molecular complexity index is 792. The van der Waals surface area contributed by atoms with Crippen LogP contribution in [-0.2, 0) is 0 Å². The molecule has 128 valence electrons. The summed E-state index contributed by atoms with van der Waals surface area (Å²) in [5, 5.41) is 1.22. The second-order valence-corrected chi connectivity index (χ2v) is 7.51. The summed E-state index contributed by atoms with van der Waals surface area (Å²) in [6, 6.07) is 4.84. The summed E-state index contributed by atoms with van der Waals surface area (Å²) in [5.41, 5.74) is 5.45. The molecule has 24 heavy (non-hydrogen) atoms. The van der Waals surface area contributed by atoms with Gasteiger partial charge in [-0.15, -0.1) is 0 Å². The average Bonchev–Trinajstić information content (AvgIpc) is 3.09. The van der Waals surface area contributed by atoms with Crippen molar-refractivity contribution in [3.05, 3.63) is 34.5 Å². The van der Waals surface area contributed by atoms with Crippen LogP contribution in [0.4, 0.5) is 0 Å². The third-order valence-electron chi connectivity index (χ3n) is 5.93. The SMILES string of the molecule is Cc1ccc(C)c2c(C)c(C(=O)N3CCCN4CCC[C@H]4C3)[nH]c12. The first-order valence-corrected chi connectivity index (χ1v) is 9.18. The van der Waals surface area contributed by atoms with Gasteiger partial charge in [0.15, 0.2) is 0 Å². The molecule has 0 spiro atoms. The van der Waals surface area contributed by atoms with Crippen molar-refractivity contribution < 1.29 is 4.79 Å². The minimum atomic E-state index is 0.177. The van der Waals surface area contributed by atoms with Crippen LogP contribution in [0.3, 0.4) is 0 Å². The van der Waals surface area contributed by atoms with Crippen molar-refractivity contribution in [3.63, 3.8) is 0 Å². The summed E-state index contributed by atoms with van der Waals surface area (Å²) < 4.78 is 0. The maximum Gasteiger partial charge on any atom is 0.270 e. The lowest BCUT2D eigenvalue weighted by molar-refractivity contribution is 0.0738. The Balaban J connectivity index is 1.69. The van der Waals surface area contributed by atoms with Crippen LogP contribution < -0.4 is 0 Å². The molecule has 4 heteroatoms. The van der Waals surface area contributed by atoms with Crippen molar-refractivity contribution in [1.82, 2.24) is 14.8 Å². The van der Waals surface area contributed by atoms with Gasteiger partial charge in [-0.3, -0.25) is 9.69 Å². The molecule has 2 saturated heterocycles. The Kier molecular flexibility index (Phi) is 3.87. The number of aryl methyl sites for hydroxylation is 3. The highest BCUT2D eigenvalue weighted by atomic mass is 16.2. The number of rotatable bonds is 1. The molecule has 4 nitrogen and oxygen atoms in total. The van der Waals surface area contributed by atoms with Gasteiger partial charge in [-0.05, 0) is 63.3 Å². The Hall–Kier alpha value is -1.81. The van der Waals surface area contributed by atoms with Crippen LogP contribution in [0.2, 0.25) is 0 Å². The van der Waals surface area contributed by atoms with Gasteiger partial charge in [0.1, 0.15) is 5.69 Å². The second kappa shape index (κ2) is 5.92. The topological polar surface area (TPSA) is 39.3 Å². The maximum absolute atomic E-state index is 13.2. The first-order chi connectivity index (χ1) is 11.6. The first kappa shape index (κ1) is 15.7. The number of carbonyl (C=O) groups excluding carboxylic acids is 1. The minimum Gasteiger partial charge on any atom is -0.350 e. The molecule has 2 aliphatic heterocycles. The molecule has 0 saturated carbocycles. The number of nitrogens with zero attached hydrogens (tertiary/aromatic N) is 2. The molecule has 0 bridgehead atoms. The van der Waals surface area contributed by atoms with Crippen LogP contribution in [-0.4, -0.2) is 52.9 Å². The Morgan fingerprint density at radius 3 is 2.62 bits per heavy atom. The highest BCUT2D eigenvalue weighted by Gasteiger charge is 2.32. The molecule has 0 aliphatic carbocycles. The van der Waals surface area contributed by atoms with Gasteiger partial charge in [0, 0.05) is 36.6 Å². The number of H-pyrrole nitrogens is 1. The number of fused-ring (bicyclic) bond motifs is 2. The Labute approximate surface area is 143 Å². The molecule has 1 aromatic carbocycles. The Morgan fingerprint density at radius 2 is 1.83 bits per heavy atom. The number of carbonyl (C=O) groups is 1. The van der Waals surface area contributed by atoms with Crippen LogP contribution in [0.15, 0.2) is 12.1 Å². The fraction of sp³-hybridized carbons (Fsp3) is 0.550. The van der Waals surface area contributed by atoms with Crippen LogP contribution in [0.1, 0.15) is 46.4 Å². The number of aromatic nitrogens is 1. The molecular formula is C20H27N3O. The first-order valence-electron chi connectivity index (χ1n) is 9.18. The molecule has 1 amide bonds. The monoisotopic (exact) mass is 325 g/mol. The minimum absolute atomic E-state index is 0.177. The normalized spacial score (nSPS) is 22.0. The number of benzene rings is 1. The van der Waals surface area contributed by atoms with Gasteiger partial charge in [0.05, 0.1) is 0 Å². The fourth-order valence-electron chi connectivity index (χ4n) is 4.56. The van der Waals surface area contributed by atoms with E-state index in [0.29, 0.717) is 6.04 Å². The van der Waals surface area contributed by atoms with Crippen LogP contribution in [0.25, 0.3) is 10.9 Å². The summed E-state index contributed by atoms with van der Waals surface area (Å²) in [6.07, 6.45) is 3.59. The van der Waals surface area contributed by atoms with Gasteiger partial charge >= 0.3 is 0 Å². The zero-order valence-corrected chi connectivity index (χ0v) is 15.0. The molecule has 1 N–H and O–H groups in total. The number of amides is 1. The lowest BCUT2D eigenvalue weighted by atomic mass is 10.0. The summed E-state index contributed by atoms with van der Waals surface area (Å²) in [6.45, 7) is 10.4. The smallest absolute Gasteiger partial charge is 0.270 e. The molecule has 0 radical (unpaired) electrons. The number of hydrogen-bond donors (Lipinski definition) is 1. The number of nitrogens with one attached hydrogen (secondary N) is 1.